The number of halogens is 1. The third kappa shape index (κ3) is 2.16. The second kappa shape index (κ2) is 4.29. The lowest BCUT2D eigenvalue weighted by Gasteiger charge is -2.11. The second-order valence-electron chi connectivity index (χ2n) is 4.73. The Morgan fingerprint density at radius 1 is 1.47 bits per heavy atom. The molecule has 0 radical (unpaired) electrons. The monoisotopic (exact) mass is 296 g/mol. The molecule has 4 nitrogen and oxygen atoms in total. The Balaban J connectivity index is 1.64. The molecular formula is C12H13BrN2O2. The minimum Gasteiger partial charge on any atom is -0.444 e. The van der Waals surface area contributed by atoms with Crippen LogP contribution in [0, 0.1) is 11.8 Å². The number of nitrogens with one attached hydrogen (secondary N) is 1. The first-order chi connectivity index (χ1) is 8.22. The predicted octanol–water partition coefficient (Wildman–Crippen LogP) is 2.95. The molecule has 0 aromatic carbocycles. The van der Waals surface area contributed by atoms with E-state index in [4.69, 9.17) is 4.42 Å². The van der Waals surface area contributed by atoms with Crippen LogP contribution in [0.1, 0.15) is 36.2 Å². The van der Waals surface area contributed by atoms with Crippen LogP contribution < -0.4 is 5.43 Å². The number of rotatable bonds is 2. The van der Waals surface area contributed by atoms with Crippen molar-refractivity contribution in [2.45, 2.75) is 25.7 Å². The van der Waals surface area contributed by atoms with Crippen molar-refractivity contribution in [2.24, 2.45) is 16.9 Å². The van der Waals surface area contributed by atoms with E-state index in [-0.39, 0.29) is 11.7 Å². The SMILES string of the molecule is O=C(N/N=C1\C[C@H]2CC[C@H]1C2)c1ccc(Br)o1. The summed E-state index contributed by atoms with van der Waals surface area (Å²) in [5, 5.41) is 4.23. The molecule has 3 rings (SSSR count). The summed E-state index contributed by atoms with van der Waals surface area (Å²) in [6.45, 7) is 0. The Morgan fingerprint density at radius 3 is 2.94 bits per heavy atom. The maximum atomic E-state index is 11.7. The number of carbonyl (C=O) groups is 1. The van der Waals surface area contributed by atoms with Crippen molar-refractivity contribution in [3.8, 4) is 0 Å². The summed E-state index contributed by atoms with van der Waals surface area (Å²) in [6.07, 6.45) is 4.85. The summed E-state index contributed by atoms with van der Waals surface area (Å²) in [6, 6.07) is 3.32. The summed E-state index contributed by atoms with van der Waals surface area (Å²) in [5.41, 5.74) is 3.73. The number of hydrogen-bond acceptors (Lipinski definition) is 3. The highest BCUT2D eigenvalue weighted by Crippen LogP contribution is 2.42. The minimum absolute atomic E-state index is 0.282. The molecule has 5 heteroatoms. The predicted molar refractivity (Wildman–Crippen MR) is 66.8 cm³/mol. The van der Waals surface area contributed by atoms with E-state index >= 15 is 0 Å². The average molecular weight is 297 g/mol. The van der Waals surface area contributed by atoms with Gasteiger partial charge in [-0.25, -0.2) is 5.43 Å². The van der Waals surface area contributed by atoms with Crippen LogP contribution >= 0.6 is 15.9 Å². The van der Waals surface area contributed by atoms with Crippen LogP contribution in [0.4, 0.5) is 0 Å². The fraction of sp³-hybridized carbons (Fsp3) is 0.500. The maximum Gasteiger partial charge on any atom is 0.307 e. The lowest BCUT2D eigenvalue weighted by molar-refractivity contribution is 0.0925. The van der Waals surface area contributed by atoms with Gasteiger partial charge in [0.05, 0.1) is 0 Å². The molecule has 2 atom stereocenters. The highest BCUT2D eigenvalue weighted by molar-refractivity contribution is 9.10. The van der Waals surface area contributed by atoms with Gasteiger partial charge < -0.3 is 4.42 Å². The molecule has 1 aromatic heterocycles. The summed E-state index contributed by atoms with van der Waals surface area (Å²) in [4.78, 5) is 11.7. The van der Waals surface area contributed by atoms with E-state index in [9.17, 15) is 4.79 Å². The largest absolute Gasteiger partial charge is 0.444 e. The Morgan fingerprint density at radius 2 is 2.35 bits per heavy atom. The second-order valence-corrected chi connectivity index (χ2v) is 5.51. The first-order valence-electron chi connectivity index (χ1n) is 5.84. The molecule has 1 heterocycles. The van der Waals surface area contributed by atoms with E-state index < -0.39 is 0 Å². The van der Waals surface area contributed by atoms with Crippen molar-refractivity contribution in [3.63, 3.8) is 0 Å². The fourth-order valence-corrected chi connectivity index (χ4v) is 3.08. The van der Waals surface area contributed by atoms with Gasteiger partial charge in [0.25, 0.3) is 0 Å². The lowest BCUT2D eigenvalue weighted by Crippen LogP contribution is -2.21. The number of hydrazone groups is 1. The summed E-state index contributed by atoms with van der Waals surface area (Å²) < 4.78 is 5.71. The smallest absolute Gasteiger partial charge is 0.307 e. The van der Waals surface area contributed by atoms with Crippen LogP contribution in [0.2, 0.25) is 0 Å². The number of hydrogen-bond donors (Lipinski definition) is 1. The third-order valence-corrected chi connectivity index (χ3v) is 4.03. The Labute approximate surface area is 108 Å². The van der Waals surface area contributed by atoms with Crippen LogP contribution in [-0.4, -0.2) is 11.6 Å². The van der Waals surface area contributed by atoms with Crippen molar-refractivity contribution >= 4 is 27.5 Å². The molecule has 2 aliphatic carbocycles. The molecule has 2 fully saturated rings. The van der Waals surface area contributed by atoms with Gasteiger partial charge in [-0.05, 0) is 65.6 Å². The van der Waals surface area contributed by atoms with E-state index in [1.165, 1.54) is 19.3 Å². The average Bonchev–Trinajstić information content (AvgIpc) is 3.01. The third-order valence-electron chi connectivity index (χ3n) is 3.61. The topological polar surface area (TPSA) is 54.6 Å². The summed E-state index contributed by atoms with van der Waals surface area (Å²) >= 11 is 3.16. The van der Waals surface area contributed by atoms with Crippen LogP contribution in [0.25, 0.3) is 0 Å². The zero-order valence-electron chi connectivity index (χ0n) is 9.28. The van der Waals surface area contributed by atoms with E-state index in [2.05, 4.69) is 26.5 Å². The van der Waals surface area contributed by atoms with E-state index in [0.29, 0.717) is 10.6 Å². The van der Waals surface area contributed by atoms with E-state index in [1.807, 2.05) is 0 Å². The number of fused-ring (bicyclic) bond motifs is 2. The van der Waals surface area contributed by atoms with E-state index in [0.717, 1.165) is 18.1 Å². The van der Waals surface area contributed by atoms with Crippen LogP contribution in [0.15, 0.2) is 26.3 Å². The molecule has 0 unspecified atom stereocenters. The molecule has 90 valence electrons. The lowest BCUT2D eigenvalue weighted by atomic mass is 9.99. The van der Waals surface area contributed by atoms with Crippen LogP contribution in [0.3, 0.4) is 0 Å². The van der Waals surface area contributed by atoms with Crippen molar-refractivity contribution < 1.29 is 9.21 Å². The molecule has 2 aliphatic rings. The molecule has 17 heavy (non-hydrogen) atoms. The minimum atomic E-state index is -0.286. The Kier molecular flexibility index (Phi) is 2.78. The first-order valence-corrected chi connectivity index (χ1v) is 6.64. The molecule has 2 saturated carbocycles. The molecule has 0 aliphatic heterocycles. The maximum absolute atomic E-state index is 11.7. The van der Waals surface area contributed by atoms with Gasteiger partial charge in [-0.15, -0.1) is 0 Å². The quantitative estimate of drug-likeness (QED) is 0.853. The molecule has 0 spiro atoms. The highest BCUT2D eigenvalue weighted by atomic mass is 79.9. The molecule has 0 saturated heterocycles. The molecule has 1 aromatic rings. The summed E-state index contributed by atoms with van der Waals surface area (Å²) in [7, 11) is 0. The fourth-order valence-electron chi connectivity index (χ4n) is 2.78. The van der Waals surface area contributed by atoms with E-state index in [1.54, 1.807) is 12.1 Å². The summed E-state index contributed by atoms with van der Waals surface area (Å²) in [5.74, 6) is 1.40. The van der Waals surface area contributed by atoms with Crippen molar-refractivity contribution in [1.29, 1.82) is 0 Å². The van der Waals surface area contributed by atoms with Gasteiger partial charge >= 0.3 is 5.91 Å². The molecule has 1 amide bonds. The van der Waals surface area contributed by atoms with Gasteiger partial charge in [0, 0.05) is 5.71 Å². The molecule has 2 bridgehead atoms. The normalized spacial score (nSPS) is 28.9. The zero-order chi connectivity index (χ0) is 11.8. The number of furan rings is 1. The van der Waals surface area contributed by atoms with Crippen LogP contribution in [0.5, 0.6) is 0 Å². The number of carbonyl (C=O) groups excluding carboxylic acids is 1. The van der Waals surface area contributed by atoms with Crippen molar-refractivity contribution in [2.75, 3.05) is 0 Å². The number of amides is 1. The molecule has 1 N–H and O–H groups in total. The molecular weight excluding hydrogens is 284 g/mol. The zero-order valence-corrected chi connectivity index (χ0v) is 10.9. The van der Waals surface area contributed by atoms with Gasteiger partial charge in [0.15, 0.2) is 10.4 Å². The van der Waals surface area contributed by atoms with Crippen molar-refractivity contribution in [1.82, 2.24) is 5.43 Å². The standard InChI is InChI=1S/C12H13BrN2O2/c13-11-4-3-10(17-11)12(16)15-14-9-6-7-1-2-8(9)5-7/h3-4,7-8H,1-2,5-6H2,(H,15,16)/b14-9+/t7-,8-/m0/s1. The number of nitrogens with zero attached hydrogens (tertiary/aromatic N) is 1. The van der Waals surface area contributed by atoms with Crippen molar-refractivity contribution in [3.05, 3.63) is 22.6 Å². The Bertz CT molecular complexity index is 481. The highest BCUT2D eigenvalue weighted by Gasteiger charge is 2.36. The van der Waals surface area contributed by atoms with Gasteiger partial charge in [-0.2, -0.15) is 5.10 Å². The van der Waals surface area contributed by atoms with Gasteiger partial charge in [0.2, 0.25) is 0 Å². The van der Waals surface area contributed by atoms with Gasteiger partial charge in [-0.3, -0.25) is 4.79 Å². The first kappa shape index (κ1) is 11.0. The van der Waals surface area contributed by atoms with Gasteiger partial charge in [0.1, 0.15) is 0 Å². The Hall–Kier alpha value is -1.10. The van der Waals surface area contributed by atoms with Crippen LogP contribution in [-0.2, 0) is 0 Å². The van der Waals surface area contributed by atoms with Gasteiger partial charge in [-0.1, -0.05) is 0 Å².